The molecule has 1 saturated carbocycles. The summed E-state index contributed by atoms with van der Waals surface area (Å²) in [4.78, 5) is 0. The number of ether oxygens (including phenoxy) is 1. The molecular weight excluding hydrogens is 205 g/mol. The Morgan fingerprint density at radius 3 is 2.88 bits per heavy atom. The fraction of sp³-hybridized carbons (Fsp3) is 0.538. The summed E-state index contributed by atoms with van der Waals surface area (Å²) in [5, 5.41) is 3.29. The number of hydrogen-bond donors (Lipinski definition) is 1. The molecule has 86 valence electrons. The fourth-order valence-corrected chi connectivity index (χ4v) is 2.50. The van der Waals surface area contributed by atoms with Gasteiger partial charge in [-0.15, -0.1) is 0 Å². The standard InChI is InChI=1S/C13H16FNO/c1-15-11-7-12(8-2-3-8)16-13-6-9(14)4-5-10(11)13/h4-6,8,11-12,15H,2-3,7H2,1H3. The molecular formula is C13H16FNO. The molecule has 1 aliphatic heterocycles. The van der Waals surface area contributed by atoms with Gasteiger partial charge in [-0.3, -0.25) is 0 Å². The average molecular weight is 221 g/mol. The lowest BCUT2D eigenvalue weighted by molar-refractivity contribution is 0.131. The van der Waals surface area contributed by atoms with Gasteiger partial charge in [0.1, 0.15) is 17.7 Å². The molecule has 2 unspecified atom stereocenters. The van der Waals surface area contributed by atoms with Crippen molar-refractivity contribution in [2.24, 2.45) is 5.92 Å². The van der Waals surface area contributed by atoms with Crippen LogP contribution in [-0.4, -0.2) is 13.2 Å². The maximum Gasteiger partial charge on any atom is 0.127 e. The topological polar surface area (TPSA) is 21.3 Å². The van der Waals surface area contributed by atoms with E-state index in [-0.39, 0.29) is 11.9 Å². The molecule has 1 heterocycles. The first-order chi connectivity index (χ1) is 7.78. The van der Waals surface area contributed by atoms with Gasteiger partial charge >= 0.3 is 0 Å². The molecule has 1 aliphatic carbocycles. The zero-order chi connectivity index (χ0) is 11.1. The first-order valence-electron chi connectivity index (χ1n) is 5.91. The summed E-state index contributed by atoms with van der Waals surface area (Å²) >= 11 is 0. The number of fused-ring (bicyclic) bond motifs is 1. The third-order valence-electron chi connectivity index (χ3n) is 3.59. The summed E-state index contributed by atoms with van der Waals surface area (Å²) in [5.74, 6) is 1.19. The molecule has 0 radical (unpaired) electrons. The molecule has 0 saturated heterocycles. The van der Waals surface area contributed by atoms with E-state index in [0.717, 1.165) is 17.7 Å². The number of hydrogen-bond acceptors (Lipinski definition) is 2. The van der Waals surface area contributed by atoms with E-state index in [2.05, 4.69) is 5.32 Å². The Hall–Kier alpha value is -1.09. The Bertz CT molecular complexity index is 403. The van der Waals surface area contributed by atoms with Gasteiger partial charge in [0.25, 0.3) is 0 Å². The highest BCUT2D eigenvalue weighted by Gasteiger charge is 2.38. The zero-order valence-corrected chi connectivity index (χ0v) is 9.37. The van der Waals surface area contributed by atoms with E-state index in [0.29, 0.717) is 12.0 Å². The Balaban J connectivity index is 1.94. The van der Waals surface area contributed by atoms with Gasteiger partial charge in [0.05, 0.1) is 0 Å². The molecule has 0 amide bonds. The van der Waals surface area contributed by atoms with Crippen LogP contribution in [0.1, 0.15) is 30.9 Å². The van der Waals surface area contributed by atoms with Crippen molar-refractivity contribution in [2.45, 2.75) is 31.4 Å². The van der Waals surface area contributed by atoms with Crippen molar-refractivity contribution >= 4 is 0 Å². The summed E-state index contributed by atoms with van der Waals surface area (Å²) in [5.41, 5.74) is 1.08. The van der Waals surface area contributed by atoms with Gasteiger partial charge in [0.2, 0.25) is 0 Å². The van der Waals surface area contributed by atoms with Gasteiger partial charge in [-0.25, -0.2) is 4.39 Å². The largest absolute Gasteiger partial charge is 0.490 e. The summed E-state index contributed by atoms with van der Waals surface area (Å²) in [7, 11) is 1.95. The lowest BCUT2D eigenvalue weighted by atomic mass is 9.94. The number of nitrogens with one attached hydrogen (secondary N) is 1. The number of benzene rings is 1. The van der Waals surface area contributed by atoms with Crippen LogP contribution in [0, 0.1) is 11.7 Å². The molecule has 2 nitrogen and oxygen atoms in total. The zero-order valence-electron chi connectivity index (χ0n) is 9.37. The van der Waals surface area contributed by atoms with E-state index < -0.39 is 0 Å². The molecule has 2 atom stereocenters. The fourth-order valence-electron chi connectivity index (χ4n) is 2.50. The molecule has 1 fully saturated rings. The Kier molecular flexibility index (Phi) is 2.36. The lowest BCUT2D eigenvalue weighted by Gasteiger charge is -2.32. The highest BCUT2D eigenvalue weighted by atomic mass is 19.1. The monoisotopic (exact) mass is 221 g/mol. The van der Waals surface area contributed by atoms with Gasteiger partial charge in [-0.2, -0.15) is 0 Å². The third kappa shape index (κ3) is 1.69. The summed E-state index contributed by atoms with van der Waals surface area (Å²) in [6.07, 6.45) is 3.78. The van der Waals surface area contributed by atoms with Crippen molar-refractivity contribution in [3.05, 3.63) is 29.6 Å². The lowest BCUT2D eigenvalue weighted by Crippen LogP contribution is -2.32. The quantitative estimate of drug-likeness (QED) is 0.829. The smallest absolute Gasteiger partial charge is 0.127 e. The van der Waals surface area contributed by atoms with E-state index >= 15 is 0 Å². The van der Waals surface area contributed by atoms with Crippen LogP contribution in [0.2, 0.25) is 0 Å². The van der Waals surface area contributed by atoms with Crippen LogP contribution < -0.4 is 10.1 Å². The van der Waals surface area contributed by atoms with E-state index in [4.69, 9.17) is 4.74 Å². The second-order valence-corrected chi connectivity index (χ2v) is 4.75. The van der Waals surface area contributed by atoms with E-state index in [1.165, 1.54) is 25.0 Å². The Labute approximate surface area is 94.8 Å². The molecule has 3 heteroatoms. The van der Waals surface area contributed by atoms with Crippen molar-refractivity contribution in [3.8, 4) is 5.75 Å². The summed E-state index contributed by atoms with van der Waals surface area (Å²) < 4.78 is 19.1. The van der Waals surface area contributed by atoms with Gasteiger partial charge in [-0.05, 0) is 31.9 Å². The predicted octanol–water partition coefficient (Wildman–Crippen LogP) is 2.65. The van der Waals surface area contributed by atoms with Crippen molar-refractivity contribution in [1.82, 2.24) is 5.32 Å². The molecule has 1 aromatic carbocycles. The van der Waals surface area contributed by atoms with Crippen molar-refractivity contribution in [2.75, 3.05) is 7.05 Å². The van der Waals surface area contributed by atoms with Crippen LogP contribution in [-0.2, 0) is 0 Å². The van der Waals surface area contributed by atoms with E-state index in [1.807, 2.05) is 13.1 Å². The van der Waals surface area contributed by atoms with Crippen molar-refractivity contribution < 1.29 is 9.13 Å². The van der Waals surface area contributed by atoms with Crippen LogP contribution in [0.25, 0.3) is 0 Å². The molecule has 1 N–H and O–H groups in total. The SMILES string of the molecule is CNC1CC(C2CC2)Oc2cc(F)ccc21. The molecule has 0 aromatic heterocycles. The van der Waals surface area contributed by atoms with Crippen LogP contribution in [0.3, 0.4) is 0 Å². The van der Waals surface area contributed by atoms with Crippen molar-refractivity contribution in [1.29, 1.82) is 0 Å². The molecule has 16 heavy (non-hydrogen) atoms. The van der Waals surface area contributed by atoms with E-state index in [9.17, 15) is 4.39 Å². The van der Waals surface area contributed by atoms with Gasteiger partial charge < -0.3 is 10.1 Å². The first kappa shape index (κ1) is 10.1. The second kappa shape index (κ2) is 3.74. The maximum absolute atomic E-state index is 13.2. The van der Waals surface area contributed by atoms with Crippen LogP contribution >= 0.6 is 0 Å². The second-order valence-electron chi connectivity index (χ2n) is 4.75. The molecule has 1 aromatic rings. The van der Waals surface area contributed by atoms with Gasteiger partial charge in [0.15, 0.2) is 0 Å². The normalized spacial score (nSPS) is 28.4. The van der Waals surface area contributed by atoms with Gasteiger partial charge in [0, 0.05) is 24.1 Å². The number of halogens is 1. The highest BCUT2D eigenvalue weighted by Crippen LogP contribution is 2.43. The van der Waals surface area contributed by atoms with Gasteiger partial charge in [-0.1, -0.05) is 6.07 Å². The molecule has 2 aliphatic rings. The average Bonchev–Trinajstić information content (AvgIpc) is 3.10. The van der Waals surface area contributed by atoms with Crippen molar-refractivity contribution in [3.63, 3.8) is 0 Å². The minimum Gasteiger partial charge on any atom is -0.490 e. The minimum atomic E-state index is -0.218. The molecule has 3 rings (SSSR count). The summed E-state index contributed by atoms with van der Waals surface area (Å²) in [6.45, 7) is 0. The molecule has 0 spiro atoms. The minimum absolute atomic E-state index is 0.218. The van der Waals surface area contributed by atoms with E-state index in [1.54, 1.807) is 0 Å². The first-order valence-corrected chi connectivity index (χ1v) is 5.91. The Morgan fingerprint density at radius 2 is 2.19 bits per heavy atom. The van der Waals surface area contributed by atoms with Crippen LogP contribution in [0.4, 0.5) is 4.39 Å². The Morgan fingerprint density at radius 1 is 1.38 bits per heavy atom. The highest BCUT2D eigenvalue weighted by molar-refractivity contribution is 5.38. The third-order valence-corrected chi connectivity index (χ3v) is 3.59. The summed E-state index contributed by atoms with van der Waals surface area (Å²) in [6, 6.07) is 5.14. The maximum atomic E-state index is 13.2. The number of rotatable bonds is 2. The van der Waals surface area contributed by atoms with Crippen LogP contribution in [0.5, 0.6) is 5.75 Å². The molecule has 0 bridgehead atoms. The van der Waals surface area contributed by atoms with Crippen LogP contribution in [0.15, 0.2) is 18.2 Å². The predicted molar refractivity (Wildman–Crippen MR) is 60.0 cm³/mol.